The number of benzene rings is 1. The van der Waals surface area contributed by atoms with Crippen molar-refractivity contribution in [2.45, 2.75) is 12.8 Å². The van der Waals surface area contributed by atoms with Crippen LogP contribution < -0.4 is 5.69 Å². The van der Waals surface area contributed by atoms with E-state index in [0.29, 0.717) is 24.7 Å². The third-order valence-corrected chi connectivity index (χ3v) is 4.77. The highest BCUT2D eigenvalue weighted by Gasteiger charge is 2.28. The van der Waals surface area contributed by atoms with E-state index in [0.717, 1.165) is 23.1 Å². The van der Waals surface area contributed by atoms with Crippen LogP contribution >= 0.6 is 15.9 Å². The number of nitrogens with zero attached hydrogens (tertiary/aromatic N) is 4. The van der Waals surface area contributed by atoms with Gasteiger partial charge in [-0.2, -0.15) is 5.10 Å². The summed E-state index contributed by atoms with van der Waals surface area (Å²) >= 11 is 3.40. The van der Waals surface area contributed by atoms with Crippen LogP contribution in [-0.4, -0.2) is 57.8 Å². The number of hydrogen-bond acceptors (Lipinski definition) is 3. The van der Waals surface area contributed by atoms with Gasteiger partial charge in [0.2, 0.25) is 0 Å². The minimum Gasteiger partial charge on any atom is -0.331 e. The zero-order chi connectivity index (χ0) is 17.3. The van der Waals surface area contributed by atoms with Crippen molar-refractivity contribution in [2.24, 2.45) is 5.92 Å². The second kappa shape index (κ2) is 6.80. The van der Waals surface area contributed by atoms with Crippen molar-refractivity contribution in [1.82, 2.24) is 24.6 Å². The van der Waals surface area contributed by atoms with Gasteiger partial charge in [-0.3, -0.25) is 0 Å². The molecule has 2 amide bonds. The Labute approximate surface area is 148 Å². The molecular weight excluding hydrogens is 374 g/mol. The molecule has 7 nitrogen and oxygen atoms in total. The molecule has 0 aliphatic carbocycles. The maximum atomic E-state index is 12.1. The number of halogens is 1. The molecule has 2 aromatic rings. The number of hydrogen-bond donors (Lipinski definition) is 1. The monoisotopic (exact) mass is 393 g/mol. The molecule has 1 aliphatic rings. The Morgan fingerprint density at radius 3 is 2.75 bits per heavy atom. The first kappa shape index (κ1) is 16.8. The van der Waals surface area contributed by atoms with Crippen LogP contribution in [0.15, 0.2) is 33.5 Å². The van der Waals surface area contributed by atoms with Crippen LogP contribution in [0.1, 0.15) is 12.2 Å². The normalized spacial score (nSPS) is 17.3. The Kier molecular flexibility index (Phi) is 4.75. The second-order valence-electron chi connectivity index (χ2n) is 6.24. The van der Waals surface area contributed by atoms with Crippen LogP contribution in [0.25, 0.3) is 5.69 Å². The van der Waals surface area contributed by atoms with Gasteiger partial charge in [-0.05, 0) is 36.6 Å². The fourth-order valence-electron chi connectivity index (χ4n) is 3.04. The van der Waals surface area contributed by atoms with E-state index in [1.54, 1.807) is 23.6 Å². The van der Waals surface area contributed by atoms with Crippen LogP contribution in [0.3, 0.4) is 0 Å². The quantitative estimate of drug-likeness (QED) is 0.864. The van der Waals surface area contributed by atoms with E-state index in [9.17, 15) is 9.59 Å². The molecule has 0 radical (unpaired) electrons. The van der Waals surface area contributed by atoms with Crippen molar-refractivity contribution in [2.75, 3.05) is 27.2 Å². The number of urea groups is 1. The van der Waals surface area contributed by atoms with Crippen LogP contribution in [0, 0.1) is 5.92 Å². The lowest BCUT2D eigenvalue weighted by Gasteiger charge is -2.21. The van der Waals surface area contributed by atoms with Gasteiger partial charge in [-0.15, -0.1) is 0 Å². The van der Waals surface area contributed by atoms with E-state index in [1.807, 2.05) is 29.2 Å². The van der Waals surface area contributed by atoms with Gasteiger partial charge in [-0.25, -0.2) is 19.3 Å². The molecule has 1 N–H and O–H groups in total. The lowest BCUT2D eigenvalue weighted by Crippen LogP contribution is -2.37. The molecule has 1 aromatic carbocycles. The fourth-order valence-corrected chi connectivity index (χ4v) is 3.30. The molecule has 24 heavy (non-hydrogen) atoms. The van der Waals surface area contributed by atoms with Gasteiger partial charge in [-0.1, -0.05) is 15.9 Å². The van der Waals surface area contributed by atoms with Crippen molar-refractivity contribution < 1.29 is 4.79 Å². The Morgan fingerprint density at radius 1 is 1.38 bits per heavy atom. The van der Waals surface area contributed by atoms with Gasteiger partial charge in [0.1, 0.15) is 5.82 Å². The summed E-state index contributed by atoms with van der Waals surface area (Å²) in [5.74, 6) is 1.00. The van der Waals surface area contributed by atoms with Crippen molar-refractivity contribution in [3.05, 3.63) is 45.0 Å². The summed E-state index contributed by atoms with van der Waals surface area (Å²) in [6, 6.07) is 7.57. The first-order chi connectivity index (χ1) is 11.5. The molecule has 0 spiro atoms. The van der Waals surface area contributed by atoms with Crippen molar-refractivity contribution in [3.63, 3.8) is 0 Å². The smallest absolute Gasteiger partial charge is 0.331 e. The highest BCUT2D eigenvalue weighted by atomic mass is 79.9. The third kappa shape index (κ3) is 3.38. The molecule has 1 fully saturated rings. The number of amides is 2. The first-order valence-corrected chi connectivity index (χ1v) is 8.63. The van der Waals surface area contributed by atoms with Crippen molar-refractivity contribution in [1.29, 1.82) is 0 Å². The molecule has 0 bridgehead atoms. The SMILES string of the molecule is CN(C)C(=O)N1CC[C@@H](Cc2n[nH]c(=O)n2-c2ccc(Br)cc2)C1. The second-order valence-corrected chi connectivity index (χ2v) is 7.15. The molecule has 3 rings (SSSR count). The van der Waals surface area contributed by atoms with E-state index in [-0.39, 0.29) is 11.7 Å². The molecular formula is C16H20BrN5O2. The molecule has 128 valence electrons. The summed E-state index contributed by atoms with van der Waals surface area (Å²) in [6.45, 7) is 1.44. The van der Waals surface area contributed by atoms with Crippen LogP contribution in [-0.2, 0) is 6.42 Å². The third-order valence-electron chi connectivity index (χ3n) is 4.24. The summed E-state index contributed by atoms with van der Waals surface area (Å²) in [4.78, 5) is 27.6. The summed E-state index contributed by atoms with van der Waals surface area (Å²) in [5.41, 5.74) is 0.540. The molecule has 1 aromatic heterocycles. The lowest BCUT2D eigenvalue weighted by atomic mass is 10.0. The Morgan fingerprint density at radius 2 is 2.08 bits per heavy atom. The molecule has 1 saturated heterocycles. The highest BCUT2D eigenvalue weighted by molar-refractivity contribution is 9.10. The number of H-pyrrole nitrogens is 1. The zero-order valence-electron chi connectivity index (χ0n) is 13.7. The van der Waals surface area contributed by atoms with E-state index < -0.39 is 0 Å². The van der Waals surface area contributed by atoms with Crippen LogP contribution in [0.4, 0.5) is 4.79 Å². The first-order valence-electron chi connectivity index (χ1n) is 7.84. The molecule has 0 saturated carbocycles. The number of nitrogens with one attached hydrogen (secondary N) is 1. The van der Waals surface area contributed by atoms with E-state index in [4.69, 9.17) is 0 Å². The standard InChI is InChI=1S/C16H20BrN5O2/c1-20(2)16(24)21-8-7-11(10-21)9-14-18-19-15(23)22(14)13-5-3-12(17)4-6-13/h3-6,11H,7-10H2,1-2H3,(H,19,23)/t11-/m0/s1. The minimum atomic E-state index is -0.244. The van der Waals surface area contributed by atoms with Crippen molar-refractivity contribution >= 4 is 22.0 Å². The largest absolute Gasteiger partial charge is 0.347 e. The minimum absolute atomic E-state index is 0.0322. The van der Waals surface area contributed by atoms with Gasteiger partial charge in [0.05, 0.1) is 5.69 Å². The van der Waals surface area contributed by atoms with Gasteiger partial charge in [0, 0.05) is 38.1 Å². The molecule has 2 heterocycles. The van der Waals surface area contributed by atoms with E-state index in [2.05, 4.69) is 26.1 Å². The lowest BCUT2D eigenvalue weighted by molar-refractivity contribution is 0.180. The average Bonchev–Trinajstić information content (AvgIpc) is 3.15. The molecule has 1 aliphatic heterocycles. The summed E-state index contributed by atoms with van der Waals surface area (Å²) < 4.78 is 2.56. The predicted molar refractivity (Wildman–Crippen MR) is 94.4 cm³/mol. The van der Waals surface area contributed by atoms with Gasteiger partial charge in [0.15, 0.2) is 0 Å². The summed E-state index contributed by atoms with van der Waals surface area (Å²) in [7, 11) is 3.52. The van der Waals surface area contributed by atoms with Crippen LogP contribution in [0.2, 0.25) is 0 Å². The number of aromatic amines is 1. The Balaban J connectivity index is 1.77. The topological polar surface area (TPSA) is 74.2 Å². The molecule has 8 heteroatoms. The van der Waals surface area contributed by atoms with Gasteiger partial charge < -0.3 is 9.80 Å². The molecule has 1 atom stereocenters. The number of likely N-dealkylation sites (tertiary alicyclic amines) is 1. The predicted octanol–water partition coefficient (Wildman–Crippen LogP) is 1.87. The Hall–Kier alpha value is -2.09. The maximum absolute atomic E-state index is 12.1. The number of rotatable bonds is 3. The van der Waals surface area contributed by atoms with E-state index >= 15 is 0 Å². The zero-order valence-corrected chi connectivity index (χ0v) is 15.3. The van der Waals surface area contributed by atoms with Crippen molar-refractivity contribution in [3.8, 4) is 5.69 Å². The average molecular weight is 394 g/mol. The van der Waals surface area contributed by atoms with Gasteiger partial charge in [0.25, 0.3) is 0 Å². The highest BCUT2D eigenvalue weighted by Crippen LogP contribution is 2.22. The maximum Gasteiger partial charge on any atom is 0.347 e. The Bertz CT molecular complexity index is 781. The van der Waals surface area contributed by atoms with Gasteiger partial charge >= 0.3 is 11.7 Å². The molecule has 0 unspecified atom stereocenters. The number of carbonyl (C=O) groups is 1. The van der Waals surface area contributed by atoms with Crippen LogP contribution in [0.5, 0.6) is 0 Å². The number of aromatic nitrogens is 3. The fraction of sp³-hybridized carbons (Fsp3) is 0.438. The summed E-state index contributed by atoms with van der Waals surface area (Å²) in [6.07, 6.45) is 1.58. The summed E-state index contributed by atoms with van der Waals surface area (Å²) in [5, 5.41) is 6.72. The van der Waals surface area contributed by atoms with E-state index in [1.165, 1.54) is 0 Å². The number of carbonyl (C=O) groups excluding carboxylic acids is 1.